The quantitative estimate of drug-likeness (QED) is 0.626. The molecule has 5 rings (SSSR count). The highest BCUT2D eigenvalue weighted by Crippen LogP contribution is 2.67. The van der Waals surface area contributed by atoms with Gasteiger partial charge < -0.3 is 9.47 Å². The molecule has 4 fully saturated rings. The van der Waals surface area contributed by atoms with Crippen molar-refractivity contribution in [1.82, 2.24) is 0 Å². The molecule has 0 bridgehead atoms. The summed E-state index contributed by atoms with van der Waals surface area (Å²) >= 11 is 0. The van der Waals surface area contributed by atoms with Gasteiger partial charge in [-0.25, -0.2) is 0 Å². The van der Waals surface area contributed by atoms with Crippen molar-refractivity contribution in [2.75, 3.05) is 7.11 Å². The number of ketones is 1. The Bertz CT molecular complexity index is 799. The first-order chi connectivity index (χ1) is 13.8. The lowest BCUT2D eigenvalue weighted by Crippen LogP contribution is -2.57. The maximum absolute atomic E-state index is 12.9. The Morgan fingerprint density at radius 2 is 2.00 bits per heavy atom. The molecule has 4 aliphatic carbocycles. The molecule has 5 heteroatoms. The lowest BCUT2D eigenvalue weighted by Gasteiger charge is -2.60. The van der Waals surface area contributed by atoms with Gasteiger partial charge in [0.2, 0.25) is 0 Å². The van der Waals surface area contributed by atoms with Crippen molar-refractivity contribution in [3.8, 4) is 0 Å². The number of allylic oxidation sites excluding steroid dienone is 1. The van der Waals surface area contributed by atoms with E-state index in [2.05, 4.69) is 13.8 Å². The molecule has 0 aromatic carbocycles. The summed E-state index contributed by atoms with van der Waals surface area (Å²) in [5.41, 5.74) is 0.840. The number of hydrogen-bond donors (Lipinski definition) is 0. The Morgan fingerprint density at radius 1 is 1.21 bits per heavy atom. The third-order valence-corrected chi connectivity index (χ3v) is 9.41. The molecule has 0 amide bonds. The lowest BCUT2D eigenvalue weighted by atomic mass is 9.44. The number of methoxy groups -OCH3 is 1. The van der Waals surface area contributed by atoms with Gasteiger partial charge in [-0.2, -0.15) is 0 Å². The highest BCUT2D eigenvalue weighted by Gasteiger charge is 2.65. The van der Waals surface area contributed by atoms with E-state index in [4.69, 9.17) is 9.47 Å². The Kier molecular flexibility index (Phi) is 4.28. The Morgan fingerprint density at radius 3 is 2.69 bits per heavy atom. The number of carbonyl (C=O) groups is 3. The van der Waals surface area contributed by atoms with E-state index >= 15 is 0 Å². The van der Waals surface area contributed by atoms with E-state index in [9.17, 15) is 14.4 Å². The van der Waals surface area contributed by atoms with Crippen molar-refractivity contribution in [3.05, 3.63) is 11.6 Å². The van der Waals surface area contributed by atoms with E-state index in [1.807, 2.05) is 6.08 Å². The summed E-state index contributed by atoms with van der Waals surface area (Å²) in [6.45, 7) is 4.64. The molecule has 7 unspecified atom stereocenters. The van der Waals surface area contributed by atoms with Crippen LogP contribution in [-0.4, -0.2) is 30.4 Å². The summed E-state index contributed by atoms with van der Waals surface area (Å²) in [4.78, 5) is 37.1. The second kappa shape index (κ2) is 6.42. The smallest absolute Gasteiger partial charge is 0.309 e. The summed E-state index contributed by atoms with van der Waals surface area (Å²) in [5.74, 6) is 1.56. The third-order valence-electron chi connectivity index (χ3n) is 9.41. The first-order valence-corrected chi connectivity index (χ1v) is 11.3. The highest BCUT2D eigenvalue weighted by atomic mass is 16.6. The molecule has 5 aliphatic rings. The highest BCUT2D eigenvalue weighted by molar-refractivity contribution is 5.92. The van der Waals surface area contributed by atoms with Crippen LogP contribution in [0.25, 0.3) is 0 Å². The molecular formula is C24H32O5. The van der Waals surface area contributed by atoms with E-state index in [1.54, 1.807) is 0 Å². The Balaban J connectivity index is 1.58. The lowest BCUT2D eigenvalue weighted by molar-refractivity contribution is -0.167. The topological polar surface area (TPSA) is 69.7 Å². The Labute approximate surface area is 172 Å². The number of hydrogen-bond acceptors (Lipinski definition) is 5. The van der Waals surface area contributed by atoms with Gasteiger partial charge in [-0.05, 0) is 73.7 Å². The van der Waals surface area contributed by atoms with Crippen LogP contribution in [0.2, 0.25) is 0 Å². The molecule has 29 heavy (non-hydrogen) atoms. The zero-order chi connectivity index (χ0) is 20.6. The minimum atomic E-state index is -0.304. The predicted molar refractivity (Wildman–Crippen MR) is 106 cm³/mol. The maximum atomic E-state index is 12.9. The van der Waals surface area contributed by atoms with Gasteiger partial charge in [0, 0.05) is 18.8 Å². The second-order valence-corrected chi connectivity index (χ2v) is 10.6. The molecule has 0 N–H and O–H groups in total. The number of fused-ring (bicyclic) bond motifs is 6. The molecule has 1 spiro atoms. The fourth-order valence-corrected chi connectivity index (χ4v) is 8.32. The summed E-state index contributed by atoms with van der Waals surface area (Å²) < 4.78 is 11.2. The first kappa shape index (κ1) is 19.3. The zero-order valence-corrected chi connectivity index (χ0v) is 17.7. The van der Waals surface area contributed by atoms with Crippen molar-refractivity contribution in [3.63, 3.8) is 0 Å². The Hall–Kier alpha value is -1.65. The summed E-state index contributed by atoms with van der Waals surface area (Å²) in [6.07, 6.45) is 8.31. The van der Waals surface area contributed by atoms with Crippen molar-refractivity contribution in [1.29, 1.82) is 0 Å². The van der Waals surface area contributed by atoms with Crippen LogP contribution in [0, 0.1) is 40.9 Å². The monoisotopic (exact) mass is 400 g/mol. The van der Waals surface area contributed by atoms with Crippen LogP contribution in [-0.2, 0) is 23.9 Å². The van der Waals surface area contributed by atoms with Crippen LogP contribution < -0.4 is 0 Å². The SMILES string of the molecule is COC(=O)C1CC2=CC(=O)CCC2(C)C2C(C)CC3C(CC[C@@]34CCC(=O)O4)C12. The van der Waals surface area contributed by atoms with Gasteiger partial charge in [-0.15, -0.1) is 0 Å². The van der Waals surface area contributed by atoms with Crippen LogP contribution in [0.15, 0.2) is 11.6 Å². The number of carbonyl (C=O) groups excluding carboxylic acids is 3. The van der Waals surface area contributed by atoms with Gasteiger partial charge in [0.1, 0.15) is 5.60 Å². The largest absolute Gasteiger partial charge is 0.469 e. The minimum Gasteiger partial charge on any atom is -0.469 e. The molecule has 158 valence electrons. The fourth-order valence-electron chi connectivity index (χ4n) is 8.32. The van der Waals surface area contributed by atoms with Crippen molar-refractivity contribution in [2.45, 2.75) is 70.8 Å². The summed E-state index contributed by atoms with van der Waals surface area (Å²) in [7, 11) is 1.48. The molecule has 1 saturated heterocycles. The van der Waals surface area contributed by atoms with Crippen LogP contribution in [0.3, 0.4) is 0 Å². The fraction of sp³-hybridized carbons (Fsp3) is 0.792. The normalized spacial score (nSPS) is 48.4. The molecule has 1 aliphatic heterocycles. The first-order valence-electron chi connectivity index (χ1n) is 11.3. The van der Waals surface area contributed by atoms with Gasteiger partial charge in [0.15, 0.2) is 5.78 Å². The van der Waals surface area contributed by atoms with Gasteiger partial charge in [-0.3, -0.25) is 14.4 Å². The van der Waals surface area contributed by atoms with E-state index in [0.717, 1.165) is 37.7 Å². The molecule has 8 atom stereocenters. The average Bonchev–Trinajstić information content (AvgIpc) is 3.24. The van der Waals surface area contributed by atoms with Gasteiger partial charge >= 0.3 is 11.9 Å². The van der Waals surface area contributed by atoms with E-state index < -0.39 is 0 Å². The van der Waals surface area contributed by atoms with Gasteiger partial charge in [0.25, 0.3) is 0 Å². The molecule has 5 nitrogen and oxygen atoms in total. The zero-order valence-electron chi connectivity index (χ0n) is 17.7. The van der Waals surface area contributed by atoms with E-state index in [0.29, 0.717) is 42.9 Å². The molecule has 3 saturated carbocycles. The predicted octanol–water partition coefficient (Wildman–Crippen LogP) is 3.85. The van der Waals surface area contributed by atoms with Gasteiger partial charge in [0.05, 0.1) is 13.0 Å². The summed E-state index contributed by atoms with van der Waals surface area (Å²) in [5, 5.41) is 0. The van der Waals surface area contributed by atoms with Crippen LogP contribution in [0.1, 0.15) is 65.2 Å². The third kappa shape index (κ3) is 2.61. The van der Waals surface area contributed by atoms with E-state index in [1.165, 1.54) is 7.11 Å². The van der Waals surface area contributed by atoms with Crippen molar-refractivity contribution < 1.29 is 23.9 Å². The molecular weight excluding hydrogens is 368 g/mol. The van der Waals surface area contributed by atoms with Crippen LogP contribution >= 0.6 is 0 Å². The molecule has 1 heterocycles. The average molecular weight is 401 g/mol. The molecule has 0 radical (unpaired) electrons. The number of rotatable bonds is 1. The number of ether oxygens (including phenoxy) is 2. The van der Waals surface area contributed by atoms with Crippen molar-refractivity contribution in [2.24, 2.45) is 40.9 Å². The van der Waals surface area contributed by atoms with E-state index in [-0.39, 0.29) is 40.6 Å². The van der Waals surface area contributed by atoms with Gasteiger partial charge in [-0.1, -0.05) is 19.4 Å². The maximum Gasteiger partial charge on any atom is 0.309 e. The van der Waals surface area contributed by atoms with Crippen LogP contribution in [0.5, 0.6) is 0 Å². The molecule has 0 aromatic rings. The second-order valence-electron chi connectivity index (χ2n) is 10.6. The summed E-state index contributed by atoms with van der Waals surface area (Å²) in [6, 6.07) is 0. The number of esters is 2. The molecule has 0 aromatic heterocycles. The standard InChI is InChI=1S/C24H32O5/c1-13-10-18-16(5-8-24(18)9-6-19(26)29-24)20-17(22(27)28-3)12-14-11-15(25)4-7-23(14,2)21(13)20/h11,13,16-18,20-21H,4-10,12H2,1-3H3/t13?,16?,17?,18?,20?,21?,23?,24-/m1/s1. The minimum absolute atomic E-state index is 0.0183. The van der Waals surface area contributed by atoms with Crippen molar-refractivity contribution >= 4 is 17.7 Å². The van der Waals surface area contributed by atoms with Crippen LogP contribution in [0.4, 0.5) is 0 Å².